The molecule has 0 amide bonds. The smallest absolute Gasteiger partial charge is 0.235 e. The summed E-state index contributed by atoms with van der Waals surface area (Å²) in [6.07, 6.45) is 7.70. The Kier molecular flexibility index (Phi) is 6.79. The number of nitrogens with zero attached hydrogens (tertiary/aromatic N) is 7. The minimum absolute atomic E-state index is 0.606. The van der Waals surface area contributed by atoms with E-state index in [2.05, 4.69) is 181 Å². The number of hydrogen-bond acceptors (Lipinski definition) is 4. The lowest BCUT2D eigenvalue weighted by atomic mass is 10.0. The fraction of sp³-hybridized carbons (Fsp3) is 0. The second kappa shape index (κ2) is 12.3. The molecule has 0 spiro atoms. The predicted molar refractivity (Wildman–Crippen MR) is 232 cm³/mol. The van der Waals surface area contributed by atoms with E-state index in [0.29, 0.717) is 5.95 Å². The lowest BCUT2D eigenvalue weighted by molar-refractivity contribution is 0.993. The van der Waals surface area contributed by atoms with Crippen LogP contribution in [0, 0.1) is 0 Å². The maximum Gasteiger partial charge on any atom is 0.235 e. The van der Waals surface area contributed by atoms with Crippen molar-refractivity contribution < 1.29 is 0 Å². The molecular weight excluding hydrogens is 699 g/mol. The van der Waals surface area contributed by atoms with Crippen LogP contribution in [0.5, 0.6) is 0 Å². The molecule has 12 rings (SSSR count). The minimum Gasteiger partial charge on any atom is -0.307 e. The zero-order valence-corrected chi connectivity index (χ0v) is 30.5. The lowest BCUT2D eigenvalue weighted by Crippen LogP contribution is -2.08. The fourth-order valence-corrected chi connectivity index (χ4v) is 8.85. The summed E-state index contributed by atoms with van der Waals surface area (Å²) >= 11 is 0. The maximum absolute atomic E-state index is 5.56. The Morgan fingerprint density at radius 1 is 0.351 bits per heavy atom. The van der Waals surface area contributed by atoms with Crippen molar-refractivity contribution in [2.75, 3.05) is 0 Å². The quantitative estimate of drug-likeness (QED) is 0.177. The van der Waals surface area contributed by atoms with Gasteiger partial charge in [-0.2, -0.15) is 0 Å². The summed E-state index contributed by atoms with van der Waals surface area (Å²) in [6.45, 7) is 0. The molecule has 0 N–H and O–H groups in total. The topological polar surface area (TPSA) is 66.3 Å². The molecule has 0 aliphatic carbocycles. The van der Waals surface area contributed by atoms with Crippen molar-refractivity contribution in [3.63, 3.8) is 0 Å². The highest BCUT2D eigenvalue weighted by Gasteiger charge is 2.24. The third-order valence-corrected chi connectivity index (χ3v) is 11.3. The number of hydrogen-bond donors (Lipinski definition) is 0. The van der Waals surface area contributed by atoms with E-state index in [0.717, 1.165) is 99.3 Å². The van der Waals surface area contributed by atoms with Gasteiger partial charge in [-0.3, -0.25) is 14.5 Å². The number of aromatic nitrogens is 7. The van der Waals surface area contributed by atoms with Gasteiger partial charge >= 0.3 is 0 Å². The van der Waals surface area contributed by atoms with Crippen LogP contribution in [0.2, 0.25) is 0 Å². The number of benzene rings is 6. The lowest BCUT2D eigenvalue weighted by Gasteiger charge is -2.21. The van der Waals surface area contributed by atoms with Gasteiger partial charge in [0.05, 0.1) is 55.9 Å². The monoisotopic (exact) mass is 729 g/mol. The predicted octanol–water partition coefficient (Wildman–Crippen LogP) is 11.9. The van der Waals surface area contributed by atoms with Crippen LogP contribution in [-0.2, 0) is 0 Å². The van der Waals surface area contributed by atoms with Crippen LogP contribution in [0.25, 0.3) is 105 Å². The highest BCUT2D eigenvalue weighted by atomic mass is 15.2. The zero-order valence-electron chi connectivity index (χ0n) is 30.5. The van der Waals surface area contributed by atoms with E-state index in [-0.39, 0.29) is 0 Å². The Bertz CT molecular complexity index is 3380. The van der Waals surface area contributed by atoms with E-state index in [1.54, 1.807) is 0 Å². The van der Waals surface area contributed by atoms with E-state index < -0.39 is 0 Å². The first-order valence-electron chi connectivity index (χ1n) is 19.1. The molecule has 7 heteroatoms. The van der Waals surface area contributed by atoms with Crippen molar-refractivity contribution in [1.82, 2.24) is 33.6 Å². The third kappa shape index (κ3) is 4.66. The average Bonchev–Trinajstić information content (AvgIpc) is 3.92. The number of fused-ring (bicyclic) bond motifs is 9. The van der Waals surface area contributed by atoms with Gasteiger partial charge in [0.25, 0.3) is 0 Å². The van der Waals surface area contributed by atoms with E-state index in [4.69, 9.17) is 9.97 Å². The number of rotatable bonds is 5. The van der Waals surface area contributed by atoms with E-state index in [1.165, 1.54) is 0 Å². The Hall–Kier alpha value is -7.90. The zero-order chi connectivity index (χ0) is 37.5. The molecule has 0 radical (unpaired) electrons. The van der Waals surface area contributed by atoms with E-state index in [1.807, 2.05) is 30.9 Å². The van der Waals surface area contributed by atoms with Crippen LogP contribution in [0.1, 0.15) is 0 Å². The standard InChI is InChI=1S/C50H31N7/c1-2-13-32(14-3-1)40-29-41(54-50(53-40)57-44-22-10-4-15-33(44)34-16-5-11-23-45(34)57)37-19-12-24-48(55-42-20-8-6-17-35(42)38-30-51-27-25-46(38)55)49(37)56-43-21-9-7-18-36(43)39-31-52-28-26-47(39)56/h1-31H. The highest BCUT2D eigenvalue weighted by Crippen LogP contribution is 2.42. The van der Waals surface area contributed by atoms with Crippen molar-refractivity contribution in [3.05, 3.63) is 189 Å². The molecule has 12 aromatic rings. The fourth-order valence-electron chi connectivity index (χ4n) is 8.85. The van der Waals surface area contributed by atoms with E-state index >= 15 is 0 Å². The van der Waals surface area contributed by atoms with Crippen molar-refractivity contribution in [3.8, 4) is 39.8 Å². The normalized spacial score (nSPS) is 11.9. The Morgan fingerprint density at radius 2 is 0.825 bits per heavy atom. The Balaban J connectivity index is 1.25. The third-order valence-electron chi connectivity index (χ3n) is 11.3. The second-order valence-electron chi connectivity index (χ2n) is 14.3. The van der Waals surface area contributed by atoms with Crippen molar-refractivity contribution in [2.24, 2.45) is 0 Å². The second-order valence-corrected chi connectivity index (χ2v) is 14.3. The Morgan fingerprint density at radius 3 is 1.44 bits per heavy atom. The van der Waals surface area contributed by atoms with Crippen LogP contribution in [0.3, 0.4) is 0 Å². The molecule has 0 unspecified atom stereocenters. The molecule has 0 saturated heterocycles. The van der Waals surface area contributed by atoms with Gasteiger partial charge in [0.1, 0.15) is 0 Å². The molecule has 57 heavy (non-hydrogen) atoms. The summed E-state index contributed by atoms with van der Waals surface area (Å²) in [5, 5.41) is 6.77. The molecule has 266 valence electrons. The van der Waals surface area contributed by atoms with Gasteiger partial charge in [-0.1, -0.05) is 115 Å². The number of para-hydroxylation sites is 5. The van der Waals surface area contributed by atoms with Crippen LogP contribution in [0.4, 0.5) is 0 Å². The van der Waals surface area contributed by atoms with E-state index in [9.17, 15) is 0 Å². The summed E-state index contributed by atoms with van der Waals surface area (Å²) in [7, 11) is 0. The molecule has 6 aromatic heterocycles. The SMILES string of the molecule is c1ccc(-c2cc(-c3cccc(-n4c5ccccc5c5cnccc54)c3-n3c4ccccc4c4cnccc43)nc(-n3c4ccccc4c4ccccc43)n2)cc1. The van der Waals surface area contributed by atoms with Gasteiger partial charge < -0.3 is 9.13 Å². The minimum atomic E-state index is 0.606. The number of pyridine rings is 2. The molecule has 0 atom stereocenters. The van der Waals surface area contributed by atoms with Crippen molar-refractivity contribution in [2.45, 2.75) is 0 Å². The van der Waals surface area contributed by atoms with Crippen LogP contribution >= 0.6 is 0 Å². The van der Waals surface area contributed by atoms with Crippen molar-refractivity contribution in [1.29, 1.82) is 0 Å². The molecule has 0 bridgehead atoms. The summed E-state index contributed by atoms with van der Waals surface area (Å²) < 4.78 is 6.97. The molecular formula is C50H31N7. The largest absolute Gasteiger partial charge is 0.307 e. The summed E-state index contributed by atoms with van der Waals surface area (Å²) in [5.41, 5.74) is 12.1. The van der Waals surface area contributed by atoms with Gasteiger partial charge in [0, 0.05) is 68.2 Å². The van der Waals surface area contributed by atoms with Gasteiger partial charge in [-0.25, -0.2) is 9.97 Å². The first kappa shape index (κ1) is 31.5. The molecule has 0 fully saturated rings. The highest BCUT2D eigenvalue weighted by molar-refractivity contribution is 6.12. The first-order valence-corrected chi connectivity index (χ1v) is 19.1. The molecule has 6 heterocycles. The Labute approximate surface area is 326 Å². The van der Waals surface area contributed by atoms with Gasteiger partial charge in [-0.15, -0.1) is 0 Å². The van der Waals surface area contributed by atoms with Crippen molar-refractivity contribution >= 4 is 65.4 Å². The first-order chi connectivity index (χ1) is 28.3. The summed E-state index contributed by atoms with van der Waals surface area (Å²) in [4.78, 5) is 20.1. The van der Waals surface area contributed by atoms with Crippen LogP contribution < -0.4 is 0 Å². The molecule has 0 aliphatic rings. The van der Waals surface area contributed by atoms with Gasteiger partial charge in [-0.05, 0) is 48.5 Å². The summed E-state index contributed by atoms with van der Waals surface area (Å²) in [6, 6.07) is 57.5. The summed E-state index contributed by atoms with van der Waals surface area (Å²) in [5.74, 6) is 0.606. The van der Waals surface area contributed by atoms with Gasteiger partial charge in [0.15, 0.2) is 0 Å². The average molecular weight is 730 g/mol. The van der Waals surface area contributed by atoms with Crippen LogP contribution in [-0.4, -0.2) is 33.6 Å². The molecule has 7 nitrogen and oxygen atoms in total. The van der Waals surface area contributed by atoms with Crippen LogP contribution in [0.15, 0.2) is 189 Å². The molecule has 6 aromatic carbocycles. The molecule has 0 saturated carbocycles. The molecule has 0 aliphatic heterocycles. The van der Waals surface area contributed by atoms with Gasteiger partial charge in [0.2, 0.25) is 5.95 Å². The maximum atomic E-state index is 5.56.